The molecule has 2 fully saturated rings. The topological polar surface area (TPSA) is 24.5 Å². The summed E-state index contributed by atoms with van der Waals surface area (Å²) in [5.74, 6) is 0.760. The molecule has 1 atom stereocenters. The van der Waals surface area contributed by atoms with Crippen LogP contribution in [0.5, 0.6) is 0 Å². The number of piperidine rings is 1. The molecule has 2 rings (SSSR count). The Bertz CT molecular complexity index is 262. The van der Waals surface area contributed by atoms with E-state index in [4.69, 9.17) is 4.74 Å². The number of likely N-dealkylation sites (tertiary alicyclic amines) is 1. The van der Waals surface area contributed by atoms with Crippen molar-refractivity contribution in [2.24, 2.45) is 11.3 Å². The van der Waals surface area contributed by atoms with Crippen LogP contribution in [0.2, 0.25) is 0 Å². The summed E-state index contributed by atoms with van der Waals surface area (Å²) >= 11 is 0. The number of nitrogens with zero attached hydrogens (tertiary/aromatic N) is 1. The minimum absolute atomic E-state index is 0.560. The summed E-state index contributed by atoms with van der Waals surface area (Å²) in [7, 11) is 1.84. The minimum Gasteiger partial charge on any atom is -0.384 e. The molecule has 1 unspecified atom stereocenters. The predicted octanol–water partition coefficient (Wildman–Crippen LogP) is 2.90. The molecule has 20 heavy (non-hydrogen) atoms. The van der Waals surface area contributed by atoms with E-state index in [2.05, 4.69) is 17.1 Å². The summed E-state index contributed by atoms with van der Waals surface area (Å²) in [5, 5.41) is 3.69. The maximum absolute atomic E-state index is 5.37. The molecule has 0 amide bonds. The van der Waals surface area contributed by atoms with Crippen LogP contribution in [0.3, 0.4) is 0 Å². The molecule has 0 spiro atoms. The second-order valence-electron chi connectivity index (χ2n) is 7.08. The quantitative estimate of drug-likeness (QED) is 0.693. The van der Waals surface area contributed by atoms with E-state index in [1.54, 1.807) is 0 Å². The lowest BCUT2D eigenvalue weighted by Gasteiger charge is -2.39. The highest BCUT2D eigenvalue weighted by molar-refractivity contribution is 4.90. The van der Waals surface area contributed by atoms with Crippen LogP contribution in [-0.2, 0) is 4.74 Å². The number of nitrogens with one attached hydrogen (secondary N) is 1. The first-order chi connectivity index (χ1) is 9.78. The van der Waals surface area contributed by atoms with Crippen LogP contribution in [0.15, 0.2) is 0 Å². The highest BCUT2D eigenvalue weighted by Crippen LogP contribution is 2.39. The third kappa shape index (κ3) is 4.71. The van der Waals surface area contributed by atoms with Crippen molar-refractivity contribution < 1.29 is 4.74 Å². The number of hydrogen-bond acceptors (Lipinski definition) is 3. The van der Waals surface area contributed by atoms with Crippen molar-refractivity contribution in [2.75, 3.05) is 46.4 Å². The summed E-state index contributed by atoms with van der Waals surface area (Å²) in [5.41, 5.74) is 0.560. The molecule has 0 aromatic rings. The number of ether oxygens (including phenoxy) is 1. The monoisotopic (exact) mass is 282 g/mol. The molecule has 1 aliphatic heterocycles. The summed E-state index contributed by atoms with van der Waals surface area (Å²) in [6.07, 6.45) is 9.67. The zero-order chi connectivity index (χ0) is 14.3. The standard InChI is InChI=1S/C17H34N2O/c1-3-10-18-14-17(8-4-5-9-17)15-19-11-6-7-16(12-19)13-20-2/h16,18H,3-15H2,1-2H3. The third-order valence-electron chi connectivity index (χ3n) is 5.16. The molecule has 0 aromatic carbocycles. The third-order valence-corrected chi connectivity index (χ3v) is 5.16. The Kier molecular flexibility index (Phi) is 6.79. The van der Waals surface area contributed by atoms with Crippen molar-refractivity contribution >= 4 is 0 Å². The van der Waals surface area contributed by atoms with Crippen LogP contribution in [0.4, 0.5) is 0 Å². The van der Waals surface area contributed by atoms with E-state index < -0.39 is 0 Å². The van der Waals surface area contributed by atoms with Crippen LogP contribution in [0, 0.1) is 11.3 Å². The van der Waals surface area contributed by atoms with E-state index in [0.29, 0.717) is 5.41 Å². The first-order valence-electron chi connectivity index (χ1n) is 8.70. The first-order valence-corrected chi connectivity index (χ1v) is 8.70. The maximum atomic E-state index is 5.37. The maximum Gasteiger partial charge on any atom is 0.0502 e. The van der Waals surface area contributed by atoms with Crippen LogP contribution in [0.25, 0.3) is 0 Å². The smallest absolute Gasteiger partial charge is 0.0502 e. The number of methoxy groups -OCH3 is 1. The molecule has 1 aliphatic carbocycles. The van der Waals surface area contributed by atoms with Gasteiger partial charge in [0.05, 0.1) is 6.61 Å². The van der Waals surface area contributed by atoms with Crippen LogP contribution >= 0.6 is 0 Å². The van der Waals surface area contributed by atoms with Crippen molar-refractivity contribution in [2.45, 2.75) is 51.9 Å². The van der Waals surface area contributed by atoms with Gasteiger partial charge in [0, 0.05) is 26.7 Å². The normalized spacial score (nSPS) is 27.0. The number of rotatable bonds is 8. The largest absolute Gasteiger partial charge is 0.384 e. The molecule has 1 N–H and O–H groups in total. The fourth-order valence-corrected chi connectivity index (χ4v) is 4.19. The summed E-state index contributed by atoms with van der Waals surface area (Å²) in [6.45, 7) is 9.47. The van der Waals surface area contributed by atoms with Crippen LogP contribution in [-0.4, -0.2) is 51.3 Å². The van der Waals surface area contributed by atoms with Gasteiger partial charge in [0.1, 0.15) is 0 Å². The van der Waals surface area contributed by atoms with E-state index in [1.807, 2.05) is 7.11 Å². The van der Waals surface area contributed by atoms with Gasteiger partial charge >= 0.3 is 0 Å². The van der Waals surface area contributed by atoms with Gasteiger partial charge in [-0.25, -0.2) is 0 Å². The summed E-state index contributed by atoms with van der Waals surface area (Å²) in [4.78, 5) is 2.73. The average Bonchev–Trinajstić information content (AvgIpc) is 2.89. The molecule has 1 saturated heterocycles. The molecule has 0 aromatic heterocycles. The highest BCUT2D eigenvalue weighted by Gasteiger charge is 2.36. The molecule has 0 bridgehead atoms. The Morgan fingerprint density at radius 2 is 2.05 bits per heavy atom. The lowest BCUT2D eigenvalue weighted by molar-refractivity contribution is 0.0632. The van der Waals surface area contributed by atoms with Crippen molar-refractivity contribution in [3.63, 3.8) is 0 Å². The van der Waals surface area contributed by atoms with E-state index in [-0.39, 0.29) is 0 Å². The van der Waals surface area contributed by atoms with Crippen LogP contribution in [0.1, 0.15) is 51.9 Å². The molecule has 1 heterocycles. The molecular weight excluding hydrogens is 248 g/mol. The predicted molar refractivity (Wildman–Crippen MR) is 85.1 cm³/mol. The summed E-state index contributed by atoms with van der Waals surface area (Å²) in [6, 6.07) is 0. The lowest BCUT2D eigenvalue weighted by atomic mass is 9.84. The fraction of sp³-hybridized carbons (Fsp3) is 1.00. The molecule has 118 valence electrons. The fourth-order valence-electron chi connectivity index (χ4n) is 4.19. The van der Waals surface area contributed by atoms with Crippen LogP contribution < -0.4 is 5.32 Å². The van der Waals surface area contributed by atoms with Crippen molar-refractivity contribution in [3.8, 4) is 0 Å². The van der Waals surface area contributed by atoms with Gasteiger partial charge in [0.25, 0.3) is 0 Å². The van der Waals surface area contributed by atoms with Gasteiger partial charge < -0.3 is 15.0 Å². The Morgan fingerprint density at radius 3 is 2.75 bits per heavy atom. The van der Waals surface area contributed by atoms with Crippen molar-refractivity contribution in [3.05, 3.63) is 0 Å². The highest BCUT2D eigenvalue weighted by atomic mass is 16.5. The van der Waals surface area contributed by atoms with E-state index in [0.717, 1.165) is 12.5 Å². The SMILES string of the molecule is CCCNCC1(CN2CCCC(COC)C2)CCCC1. The number of hydrogen-bond donors (Lipinski definition) is 1. The van der Waals surface area contributed by atoms with Gasteiger partial charge in [-0.1, -0.05) is 19.8 Å². The molecule has 1 saturated carbocycles. The van der Waals surface area contributed by atoms with E-state index >= 15 is 0 Å². The van der Waals surface area contributed by atoms with E-state index in [1.165, 1.54) is 77.7 Å². The zero-order valence-corrected chi connectivity index (χ0v) is 13.6. The van der Waals surface area contributed by atoms with Gasteiger partial charge in [0.15, 0.2) is 0 Å². The van der Waals surface area contributed by atoms with Crippen molar-refractivity contribution in [1.29, 1.82) is 0 Å². The summed E-state index contributed by atoms with van der Waals surface area (Å²) < 4.78 is 5.37. The second kappa shape index (κ2) is 8.35. The Labute approximate surface area is 125 Å². The minimum atomic E-state index is 0.560. The molecule has 3 heteroatoms. The molecule has 3 nitrogen and oxygen atoms in total. The van der Waals surface area contributed by atoms with Gasteiger partial charge in [-0.05, 0) is 56.5 Å². The molecular formula is C17H34N2O. The van der Waals surface area contributed by atoms with E-state index in [9.17, 15) is 0 Å². The van der Waals surface area contributed by atoms with Crippen molar-refractivity contribution in [1.82, 2.24) is 10.2 Å². The Morgan fingerprint density at radius 1 is 1.25 bits per heavy atom. The second-order valence-corrected chi connectivity index (χ2v) is 7.08. The lowest BCUT2D eigenvalue weighted by Crippen LogP contribution is -2.46. The van der Waals surface area contributed by atoms with Gasteiger partial charge in [0.2, 0.25) is 0 Å². The molecule has 2 aliphatic rings. The van der Waals surface area contributed by atoms with Gasteiger partial charge in [-0.15, -0.1) is 0 Å². The Balaban J connectivity index is 1.83. The molecule has 0 radical (unpaired) electrons. The van der Waals surface area contributed by atoms with Gasteiger partial charge in [-0.3, -0.25) is 0 Å². The Hall–Kier alpha value is -0.120. The van der Waals surface area contributed by atoms with Gasteiger partial charge in [-0.2, -0.15) is 0 Å². The zero-order valence-electron chi connectivity index (χ0n) is 13.6. The first kappa shape index (κ1) is 16.3. The average molecular weight is 282 g/mol.